The molecule has 0 aromatic heterocycles. The molecule has 10 heteroatoms. The number of ether oxygens (including phenoxy) is 2. The number of sulfonamides is 1. The maximum absolute atomic E-state index is 13.0. The average molecular weight is 445 g/mol. The Labute approximate surface area is 180 Å². The molecule has 0 saturated carbocycles. The molecule has 0 unspecified atom stereocenters. The minimum Gasteiger partial charge on any atom is -0.476 e. The summed E-state index contributed by atoms with van der Waals surface area (Å²) < 4.78 is 36.8. The first-order valence-electron chi connectivity index (χ1n) is 9.85. The van der Waals surface area contributed by atoms with Crippen LogP contribution in [-0.4, -0.2) is 70.3 Å². The molecule has 164 valence electrons. The van der Waals surface area contributed by atoms with Crippen LogP contribution >= 0.6 is 0 Å². The van der Waals surface area contributed by atoms with Crippen molar-refractivity contribution in [2.24, 2.45) is 0 Å². The summed E-state index contributed by atoms with van der Waals surface area (Å²) in [5.41, 5.74) is 1.09. The monoisotopic (exact) mass is 445 g/mol. The van der Waals surface area contributed by atoms with Gasteiger partial charge < -0.3 is 19.7 Å². The summed E-state index contributed by atoms with van der Waals surface area (Å²) in [6.45, 7) is 1.73. The highest BCUT2D eigenvalue weighted by molar-refractivity contribution is 7.92. The predicted molar refractivity (Wildman–Crippen MR) is 115 cm³/mol. The SMILES string of the molecule is CS(=O)(=O)N1C[C@@H](C(=O)Nc2ccccc2C(=O)N2CCOCC2)Oc2ccccc21. The summed E-state index contributed by atoms with van der Waals surface area (Å²) in [5.74, 6) is -0.436. The number of amides is 2. The van der Waals surface area contributed by atoms with Crippen LogP contribution in [0.1, 0.15) is 10.4 Å². The lowest BCUT2D eigenvalue weighted by atomic mass is 10.1. The van der Waals surface area contributed by atoms with Gasteiger partial charge in [0.05, 0.1) is 43.0 Å². The van der Waals surface area contributed by atoms with E-state index in [2.05, 4.69) is 5.32 Å². The summed E-state index contributed by atoms with van der Waals surface area (Å²) in [5, 5.41) is 2.74. The number of rotatable bonds is 4. The third-order valence-corrected chi connectivity index (χ3v) is 6.29. The van der Waals surface area contributed by atoms with Crippen LogP contribution in [-0.2, 0) is 19.6 Å². The molecular weight excluding hydrogens is 422 g/mol. The normalized spacial score (nSPS) is 18.7. The zero-order valence-electron chi connectivity index (χ0n) is 17.0. The van der Waals surface area contributed by atoms with E-state index >= 15 is 0 Å². The Bertz CT molecular complexity index is 1100. The van der Waals surface area contributed by atoms with Crippen LogP contribution < -0.4 is 14.4 Å². The van der Waals surface area contributed by atoms with Crippen molar-refractivity contribution in [2.75, 3.05) is 48.7 Å². The Kier molecular flexibility index (Phi) is 5.84. The number of carbonyl (C=O) groups excluding carboxylic acids is 2. The van der Waals surface area contributed by atoms with Gasteiger partial charge in [0, 0.05) is 13.1 Å². The number of hydrogen-bond acceptors (Lipinski definition) is 6. The predicted octanol–water partition coefficient (Wildman–Crippen LogP) is 1.32. The van der Waals surface area contributed by atoms with Crippen molar-refractivity contribution in [2.45, 2.75) is 6.10 Å². The number of anilines is 2. The molecule has 2 aromatic carbocycles. The average Bonchev–Trinajstić information content (AvgIpc) is 2.78. The number of para-hydroxylation sites is 3. The van der Waals surface area contributed by atoms with Crippen LogP contribution in [0.2, 0.25) is 0 Å². The summed E-state index contributed by atoms with van der Waals surface area (Å²) >= 11 is 0. The molecule has 2 aliphatic heterocycles. The molecule has 0 aliphatic carbocycles. The van der Waals surface area contributed by atoms with Gasteiger partial charge in [-0.3, -0.25) is 13.9 Å². The molecule has 2 heterocycles. The maximum atomic E-state index is 13.0. The number of benzene rings is 2. The first-order valence-corrected chi connectivity index (χ1v) is 11.7. The number of nitrogens with one attached hydrogen (secondary N) is 1. The van der Waals surface area contributed by atoms with Gasteiger partial charge in [-0.2, -0.15) is 0 Å². The number of carbonyl (C=O) groups is 2. The largest absolute Gasteiger partial charge is 0.476 e. The van der Waals surface area contributed by atoms with Gasteiger partial charge in [0.1, 0.15) is 5.75 Å². The van der Waals surface area contributed by atoms with E-state index in [1.54, 1.807) is 53.4 Å². The fourth-order valence-corrected chi connectivity index (χ4v) is 4.50. The highest BCUT2D eigenvalue weighted by Gasteiger charge is 2.35. The topological polar surface area (TPSA) is 105 Å². The van der Waals surface area contributed by atoms with E-state index in [9.17, 15) is 18.0 Å². The van der Waals surface area contributed by atoms with Gasteiger partial charge in [0.2, 0.25) is 10.0 Å². The van der Waals surface area contributed by atoms with Gasteiger partial charge in [-0.25, -0.2) is 8.42 Å². The first kappa shape index (κ1) is 21.1. The van der Waals surface area contributed by atoms with Crippen LogP contribution in [0.3, 0.4) is 0 Å². The fourth-order valence-electron chi connectivity index (χ4n) is 3.58. The molecule has 31 heavy (non-hydrogen) atoms. The smallest absolute Gasteiger partial charge is 0.267 e. The number of fused-ring (bicyclic) bond motifs is 1. The Balaban J connectivity index is 1.56. The lowest BCUT2D eigenvalue weighted by Crippen LogP contribution is -2.48. The van der Waals surface area contributed by atoms with Gasteiger partial charge in [-0.05, 0) is 24.3 Å². The van der Waals surface area contributed by atoms with Crippen LogP contribution in [0.4, 0.5) is 11.4 Å². The minimum atomic E-state index is -3.61. The molecule has 1 atom stereocenters. The second-order valence-corrected chi connectivity index (χ2v) is 9.21. The van der Waals surface area contributed by atoms with E-state index in [1.807, 2.05) is 0 Å². The zero-order chi connectivity index (χ0) is 22.0. The van der Waals surface area contributed by atoms with Crippen molar-refractivity contribution in [3.05, 3.63) is 54.1 Å². The van der Waals surface area contributed by atoms with E-state index < -0.39 is 22.0 Å². The highest BCUT2D eigenvalue weighted by Crippen LogP contribution is 2.35. The molecule has 1 N–H and O–H groups in total. The van der Waals surface area contributed by atoms with Crippen molar-refractivity contribution in [1.29, 1.82) is 0 Å². The van der Waals surface area contributed by atoms with Gasteiger partial charge in [-0.15, -0.1) is 0 Å². The molecular formula is C21H23N3O6S. The van der Waals surface area contributed by atoms with Crippen LogP contribution in [0, 0.1) is 0 Å². The van der Waals surface area contributed by atoms with Crippen molar-refractivity contribution >= 4 is 33.2 Å². The van der Waals surface area contributed by atoms with Gasteiger partial charge >= 0.3 is 0 Å². The molecule has 4 rings (SSSR count). The van der Waals surface area contributed by atoms with Gasteiger partial charge in [-0.1, -0.05) is 24.3 Å². The van der Waals surface area contributed by atoms with Crippen molar-refractivity contribution in [3.8, 4) is 5.75 Å². The number of nitrogens with zero attached hydrogens (tertiary/aromatic N) is 2. The second-order valence-electron chi connectivity index (χ2n) is 7.31. The standard InChI is InChI=1S/C21H23N3O6S/c1-31(27,28)24-14-19(30-18-9-5-4-8-17(18)24)20(25)22-16-7-3-2-6-15(16)21(26)23-10-12-29-13-11-23/h2-9,19H,10-14H2,1H3,(H,22,25)/t19-/m0/s1. The summed E-state index contributed by atoms with van der Waals surface area (Å²) in [7, 11) is -3.61. The molecule has 0 radical (unpaired) electrons. The third kappa shape index (κ3) is 4.49. The Hall–Kier alpha value is -3.11. The van der Waals surface area contributed by atoms with Gasteiger partial charge in [0.25, 0.3) is 11.8 Å². The Morgan fingerprint density at radius 1 is 1.03 bits per heavy atom. The molecule has 1 fully saturated rings. The van der Waals surface area contributed by atoms with Crippen molar-refractivity contribution < 1.29 is 27.5 Å². The maximum Gasteiger partial charge on any atom is 0.267 e. The molecule has 2 aromatic rings. The summed E-state index contributed by atoms with van der Waals surface area (Å²) in [6, 6.07) is 13.4. The third-order valence-electron chi connectivity index (χ3n) is 5.14. The van der Waals surface area contributed by atoms with Crippen LogP contribution in [0.5, 0.6) is 5.75 Å². The van der Waals surface area contributed by atoms with Crippen LogP contribution in [0.15, 0.2) is 48.5 Å². The highest BCUT2D eigenvalue weighted by atomic mass is 32.2. The van der Waals surface area contributed by atoms with E-state index in [-0.39, 0.29) is 12.5 Å². The molecule has 2 aliphatic rings. The molecule has 1 saturated heterocycles. The number of hydrogen-bond donors (Lipinski definition) is 1. The van der Waals surface area contributed by atoms with Gasteiger partial charge in [0.15, 0.2) is 6.10 Å². The van der Waals surface area contributed by atoms with Crippen molar-refractivity contribution in [1.82, 2.24) is 4.90 Å². The zero-order valence-corrected chi connectivity index (χ0v) is 17.8. The van der Waals surface area contributed by atoms with E-state index in [4.69, 9.17) is 9.47 Å². The van der Waals surface area contributed by atoms with Crippen molar-refractivity contribution in [3.63, 3.8) is 0 Å². The summed E-state index contributed by atoms with van der Waals surface area (Å²) in [6.07, 6.45) is 0.0107. The second kappa shape index (κ2) is 8.56. The lowest BCUT2D eigenvalue weighted by Gasteiger charge is -2.34. The Morgan fingerprint density at radius 2 is 1.71 bits per heavy atom. The first-order chi connectivity index (χ1) is 14.8. The molecule has 0 spiro atoms. The minimum absolute atomic E-state index is 0.165. The molecule has 2 amide bonds. The quantitative estimate of drug-likeness (QED) is 0.761. The fraction of sp³-hybridized carbons (Fsp3) is 0.333. The van der Waals surface area contributed by atoms with E-state index in [0.29, 0.717) is 49.0 Å². The molecule has 0 bridgehead atoms. The molecule has 9 nitrogen and oxygen atoms in total. The van der Waals surface area contributed by atoms with E-state index in [0.717, 1.165) is 10.6 Å². The van der Waals surface area contributed by atoms with E-state index in [1.165, 1.54) is 0 Å². The number of morpholine rings is 1. The lowest BCUT2D eigenvalue weighted by molar-refractivity contribution is -0.122. The van der Waals surface area contributed by atoms with Crippen LogP contribution in [0.25, 0.3) is 0 Å². The Morgan fingerprint density at radius 3 is 2.45 bits per heavy atom. The summed E-state index contributed by atoms with van der Waals surface area (Å²) in [4.78, 5) is 27.6.